The molecule has 0 radical (unpaired) electrons. The second kappa shape index (κ2) is 15.9. The Bertz CT molecular complexity index is 1610. The summed E-state index contributed by atoms with van der Waals surface area (Å²) in [6.07, 6.45) is 0.644. The summed E-state index contributed by atoms with van der Waals surface area (Å²) in [5.41, 5.74) is 33.7. The predicted octanol–water partition coefficient (Wildman–Crippen LogP) is 0.317. The number of rotatable bonds is 12. The van der Waals surface area contributed by atoms with Gasteiger partial charge in [0.15, 0.2) is 68.5 Å². The quantitative estimate of drug-likeness (QED) is 0.0555. The summed E-state index contributed by atoms with van der Waals surface area (Å²) in [6.45, 7) is 0.191. The van der Waals surface area contributed by atoms with Crippen LogP contribution in [0.15, 0.2) is 34.3 Å². The Morgan fingerprint density at radius 3 is 1.37 bits per heavy atom. The molecule has 3 rings (SSSR count). The lowest BCUT2D eigenvalue weighted by Gasteiger charge is -2.09. The van der Waals surface area contributed by atoms with Crippen LogP contribution < -0.4 is 45.0 Å². The van der Waals surface area contributed by atoms with Crippen molar-refractivity contribution in [2.75, 3.05) is 36.0 Å². The highest BCUT2D eigenvalue weighted by atomic mass is 35.5. The molecule has 0 saturated heterocycles. The van der Waals surface area contributed by atoms with Crippen LogP contribution in [0.4, 0.5) is 23.3 Å². The molecule has 242 valence electrons. The smallest absolute Gasteiger partial charge is 0.280 e. The summed E-state index contributed by atoms with van der Waals surface area (Å²) >= 11 is 11.6. The van der Waals surface area contributed by atoms with E-state index in [9.17, 15) is 19.2 Å². The van der Waals surface area contributed by atoms with Crippen LogP contribution in [0.25, 0.3) is 0 Å². The van der Waals surface area contributed by atoms with Gasteiger partial charge in [0.1, 0.15) is 0 Å². The van der Waals surface area contributed by atoms with Crippen molar-refractivity contribution in [2.24, 2.45) is 21.5 Å². The van der Waals surface area contributed by atoms with Crippen LogP contribution in [0.5, 0.6) is 0 Å². The van der Waals surface area contributed by atoms with Gasteiger partial charge in [0.25, 0.3) is 11.8 Å². The fourth-order valence-corrected chi connectivity index (χ4v) is 4.02. The zero-order chi connectivity index (χ0) is 34.0. The maximum atomic E-state index is 12.9. The number of hydrogen-bond donors (Lipinski definition) is 8. The third kappa shape index (κ3) is 9.44. The molecule has 0 atom stereocenters. The molecule has 0 aliphatic rings. The van der Waals surface area contributed by atoms with E-state index < -0.39 is 11.8 Å². The van der Waals surface area contributed by atoms with Gasteiger partial charge in [0.2, 0.25) is 0 Å². The molecular weight excluding hydrogens is 643 g/mol. The Morgan fingerprint density at radius 2 is 1.00 bits per heavy atom. The number of nitrogen functional groups attached to an aromatic ring is 4. The summed E-state index contributed by atoms with van der Waals surface area (Å²) in [5, 5.41) is 4.21. The van der Waals surface area contributed by atoms with E-state index in [-0.39, 0.29) is 118 Å². The van der Waals surface area contributed by atoms with Crippen LogP contribution in [0.3, 0.4) is 0 Å². The first-order valence-corrected chi connectivity index (χ1v) is 14.1. The molecule has 0 saturated carbocycles. The molecule has 18 nitrogen and oxygen atoms in total. The van der Waals surface area contributed by atoms with Gasteiger partial charge >= 0.3 is 0 Å². The van der Waals surface area contributed by atoms with E-state index >= 15 is 0 Å². The van der Waals surface area contributed by atoms with Gasteiger partial charge in [-0.3, -0.25) is 39.8 Å². The lowest BCUT2D eigenvalue weighted by atomic mass is 9.96. The number of halogens is 2. The number of anilines is 4. The molecule has 0 spiro atoms. The average Bonchev–Trinajstić information content (AvgIpc) is 3.00. The standard InChI is InChI=1S/C26H30Cl2N14O4/c27-17-21(31)39-19(29)15(37-17)23(45)41-25(33)35-9-3-7-13(43)11-5-1-2-6-12(11)14(44)8-4-10-36-26(34)42-24(46)16-20(30)40-22(32)18(28)38-16/h1-2,5-6H,3-4,7-10H2,(H4,29,31,39)(H4,30,32,40)(H3,33,35,41,45)(H3,34,36,42,46). The van der Waals surface area contributed by atoms with Crippen molar-refractivity contribution < 1.29 is 19.2 Å². The molecule has 2 heterocycles. The van der Waals surface area contributed by atoms with Gasteiger partial charge in [-0.05, 0) is 12.8 Å². The molecule has 2 amide bonds. The number of benzene rings is 1. The van der Waals surface area contributed by atoms with E-state index in [1.807, 2.05) is 0 Å². The van der Waals surface area contributed by atoms with Crippen molar-refractivity contribution in [3.63, 3.8) is 0 Å². The summed E-state index contributed by atoms with van der Waals surface area (Å²) < 4.78 is 0. The van der Waals surface area contributed by atoms with Gasteiger partial charge < -0.3 is 34.4 Å². The first kappa shape index (κ1) is 34.9. The van der Waals surface area contributed by atoms with Gasteiger partial charge in [-0.2, -0.15) is 0 Å². The topological polar surface area (TPSA) is 325 Å². The minimum absolute atomic E-state index is 0.0512. The van der Waals surface area contributed by atoms with E-state index in [2.05, 4.69) is 40.6 Å². The zero-order valence-corrected chi connectivity index (χ0v) is 25.6. The van der Waals surface area contributed by atoms with Crippen LogP contribution in [-0.4, -0.2) is 68.3 Å². The third-order valence-electron chi connectivity index (χ3n) is 5.94. The van der Waals surface area contributed by atoms with Crippen molar-refractivity contribution in [3.05, 3.63) is 57.1 Å². The maximum Gasteiger partial charge on any atom is 0.280 e. The third-order valence-corrected chi connectivity index (χ3v) is 6.50. The Labute approximate surface area is 271 Å². The minimum atomic E-state index is -0.793. The number of carbonyl (C=O) groups excluding carboxylic acids is 4. The molecule has 3 aromatic rings. The highest BCUT2D eigenvalue weighted by molar-refractivity contribution is 6.32. The lowest BCUT2D eigenvalue weighted by Crippen LogP contribution is -2.38. The summed E-state index contributed by atoms with van der Waals surface area (Å²) in [7, 11) is 0. The van der Waals surface area contributed by atoms with Gasteiger partial charge in [-0.25, -0.2) is 19.9 Å². The van der Waals surface area contributed by atoms with Crippen LogP contribution >= 0.6 is 23.2 Å². The highest BCUT2D eigenvalue weighted by Crippen LogP contribution is 2.19. The SMILES string of the molecule is NC(=NCCCC(=O)c1ccccc1C(=O)CCCN=C(N)NC(=O)c1nc(Cl)c(N)nc1N)NC(=O)c1nc(Cl)c(N)nc1N. The molecule has 0 fully saturated rings. The van der Waals surface area contributed by atoms with Crippen LogP contribution in [0.1, 0.15) is 67.4 Å². The highest BCUT2D eigenvalue weighted by Gasteiger charge is 2.19. The molecule has 2 aromatic heterocycles. The van der Waals surface area contributed by atoms with Crippen molar-refractivity contribution in [1.29, 1.82) is 0 Å². The number of aromatic nitrogens is 4. The fourth-order valence-electron chi connectivity index (χ4n) is 3.76. The summed E-state index contributed by atoms with van der Waals surface area (Å²) in [6, 6.07) is 6.40. The minimum Gasteiger partial charge on any atom is -0.382 e. The molecule has 0 bridgehead atoms. The van der Waals surface area contributed by atoms with Gasteiger partial charge in [-0.1, -0.05) is 47.5 Å². The molecule has 46 heavy (non-hydrogen) atoms. The van der Waals surface area contributed by atoms with E-state index in [0.717, 1.165) is 0 Å². The molecule has 14 N–H and O–H groups in total. The number of Topliss-reactive ketones (excluding diaryl/α,β-unsaturated/α-hetero) is 2. The first-order valence-electron chi connectivity index (χ1n) is 13.3. The van der Waals surface area contributed by atoms with Crippen molar-refractivity contribution in [3.8, 4) is 0 Å². The molecule has 0 aliphatic carbocycles. The van der Waals surface area contributed by atoms with E-state index in [1.165, 1.54) is 0 Å². The summed E-state index contributed by atoms with van der Waals surface area (Å²) in [5.74, 6) is -3.37. The van der Waals surface area contributed by atoms with Crippen molar-refractivity contribution in [2.45, 2.75) is 25.7 Å². The second-order valence-corrected chi connectivity index (χ2v) is 10.0. The fraction of sp³-hybridized carbons (Fsp3) is 0.231. The van der Waals surface area contributed by atoms with E-state index in [0.29, 0.717) is 0 Å². The number of aliphatic imine (C=N–C) groups is 2. The Balaban J connectivity index is 1.48. The average molecular weight is 674 g/mol. The number of nitrogens with two attached hydrogens (primary N) is 6. The predicted molar refractivity (Wildman–Crippen MR) is 173 cm³/mol. The number of carbonyl (C=O) groups is 4. The van der Waals surface area contributed by atoms with Gasteiger partial charge in [-0.15, -0.1) is 0 Å². The molecule has 20 heteroatoms. The normalized spacial score (nSPS) is 11.6. The van der Waals surface area contributed by atoms with Crippen LogP contribution in [-0.2, 0) is 0 Å². The first-order chi connectivity index (χ1) is 21.8. The van der Waals surface area contributed by atoms with Crippen LogP contribution in [0, 0.1) is 0 Å². The number of amides is 2. The number of guanidine groups is 2. The molecule has 0 unspecified atom stereocenters. The van der Waals surface area contributed by atoms with Crippen molar-refractivity contribution in [1.82, 2.24) is 30.6 Å². The molecular formula is C26H30Cl2N14O4. The van der Waals surface area contributed by atoms with Gasteiger partial charge in [0, 0.05) is 37.1 Å². The lowest BCUT2D eigenvalue weighted by molar-refractivity contribution is 0.0947. The Hall–Kier alpha value is -5.62. The molecule has 0 aliphatic heterocycles. The Morgan fingerprint density at radius 1 is 0.630 bits per heavy atom. The monoisotopic (exact) mass is 672 g/mol. The van der Waals surface area contributed by atoms with Crippen molar-refractivity contribution >= 4 is 81.8 Å². The largest absolute Gasteiger partial charge is 0.382 e. The maximum absolute atomic E-state index is 12.9. The number of hydrogen-bond acceptors (Lipinski definition) is 14. The summed E-state index contributed by atoms with van der Waals surface area (Å²) in [4.78, 5) is 73.5. The van der Waals surface area contributed by atoms with Gasteiger partial charge in [0.05, 0.1) is 0 Å². The number of nitrogens with one attached hydrogen (secondary N) is 2. The Kier molecular flexibility index (Phi) is 12.1. The van der Waals surface area contributed by atoms with E-state index in [4.69, 9.17) is 57.6 Å². The molecule has 1 aromatic carbocycles. The number of ketones is 2. The van der Waals surface area contributed by atoms with Crippen LogP contribution in [0.2, 0.25) is 10.3 Å². The second-order valence-electron chi connectivity index (χ2n) is 9.31. The number of nitrogens with zero attached hydrogens (tertiary/aromatic N) is 6. The zero-order valence-electron chi connectivity index (χ0n) is 24.1. The van der Waals surface area contributed by atoms with E-state index in [1.54, 1.807) is 24.3 Å².